The number of ether oxygens (including phenoxy) is 3. The summed E-state index contributed by atoms with van der Waals surface area (Å²) in [6, 6.07) is 2.88. The van der Waals surface area contributed by atoms with Crippen molar-refractivity contribution in [2.24, 2.45) is 17.8 Å². The summed E-state index contributed by atoms with van der Waals surface area (Å²) < 4.78 is 45.0. The van der Waals surface area contributed by atoms with Crippen molar-refractivity contribution in [2.75, 3.05) is 19.8 Å². The topological polar surface area (TPSA) is 27.7 Å². The molecular weight excluding hydrogens is 386 g/mol. The van der Waals surface area contributed by atoms with E-state index in [0.29, 0.717) is 31.0 Å². The van der Waals surface area contributed by atoms with Crippen LogP contribution in [0.5, 0.6) is 11.5 Å². The number of benzene rings is 1. The lowest BCUT2D eigenvalue weighted by Gasteiger charge is -2.32. The lowest BCUT2D eigenvalue weighted by molar-refractivity contribution is 0.0935. The molecule has 0 radical (unpaired) electrons. The van der Waals surface area contributed by atoms with Crippen molar-refractivity contribution >= 4 is 0 Å². The molecule has 1 aromatic rings. The van der Waals surface area contributed by atoms with E-state index in [2.05, 4.69) is 13.0 Å². The molecule has 1 saturated carbocycles. The van der Waals surface area contributed by atoms with E-state index in [1.807, 2.05) is 0 Å². The second-order valence-corrected chi connectivity index (χ2v) is 8.67. The molecule has 0 spiro atoms. The molecule has 0 saturated heterocycles. The van der Waals surface area contributed by atoms with Crippen LogP contribution >= 0.6 is 0 Å². The van der Waals surface area contributed by atoms with Gasteiger partial charge >= 0.3 is 0 Å². The van der Waals surface area contributed by atoms with E-state index in [4.69, 9.17) is 14.2 Å². The normalized spacial score (nSPS) is 24.1. The van der Waals surface area contributed by atoms with Crippen LogP contribution in [-0.2, 0) is 4.74 Å². The Bertz CT molecular complexity index is 696. The van der Waals surface area contributed by atoms with Crippen LogP contribution in [0, 0.1) is 29.4 Å². The van der Waals surface area contributed by atoms with E-state index in [1.165, 1.54) is 43.6 Å². The van der Waals surface area contributed by atoms with Gasteiger partial charge in [-0.2, -0.15) is 8.78 Å². The standard InChI is InChI=1S/C25H36F2O3/c1-3-5-6-7-18-10-13-21(29-16-18)20-11-8-19(9-12-20)17-30-23-15-14-22(28-4-2)24(26)25(23)27/h13-15,18-20H,3-12,16-17H2,1-2H3. The van der Waals surface area contributed by atoms with E-state index >= 15 is 0 Å². The van der Waals surface area contributed by atoms with Gasteiger partial charge in [-0.3, -0.25) is 0 Å². The Labute approximate surface area is 179 Å². The van der Waals surface area contributed by atoms with Crippen molar-refractivity contribution in [2.45, 2.75) is 71.6 Å². The lowest BCUT2D eigenvalue weighted by atomic mass is 9.80. The van der Waals surface area contributed by atoms with E-state index in [-0.39, 0.29) is 11.5 Å². The number of hydrogen-bond donors (Lipinski definition) is 0. The van der Waals surface area contributed by atoms with E-state index in [9.17, 15) is 8.78 Å². The molecule has 1 fully saturated rings. The molecule has 1 heterocycles. The van der Waals surface area contributed by atoms with Gasteiger partial charge in [0.1, 0.15) is 0 Å². The highest BCUT2D eigenvalue weighted by Crippen LogP contribution is 2.37. The van der Waals surface area contributed by atoms with Gasteiger partial charge in [-0.15, -0.1) is 0 Å². The van der Waals surface area contributed by atoms with Gasteiger partial charge in [-0.05, 0) is 75.5 Å². The summed E-state index contributed by atoms with van der Waals surface area (Å²) in [5.74, 6) is 0.659. The highest BCUT2D eigenvalue weighted by atomic mass is 19.2. The monoisotopic (exact) mass is 422 g/mol. The minimum atomic E-state index is -0.979. The molecule has 1 aromatic carbocycles. The van der Waals surface area contributed by atoms with Crippen LogP contribution in [0.15, 0.2) is 24.0 Å². The first-order valence-electron chi connectivity index (χ1n) is 11.7. The van der Waals surface area contributed by atoms with E-state index in [1.54, 1.807) is 6.92 Å². The molecule has 0 aromatic heterocycles. The van der Waals surface area contributed by atoms with Gasteiger partial charge < -0.3 is 14.2 Å². The number of allylic oxidation sites excluding steroid dienone is 2. The highest BCUT2D eigenvalue weighted by molar-refractivity contribution is 5.35. The van der Waals surface area contributed by atoms with Crippen LogP contribution in [-0.4, -0.2) is 19.8 Å². The largest absolute Gasteiger partial charge is 0.498 e. The Morgan fingerprint density at radius 2 is 1.63 bits per heavy atom. The molecule has 1 unspecified atom stereocenters. The predicted octanol–water partition coefficient (Wildman–Crippen LogP) is 7.05. The Balaban J connectivity index is 1.42. The first kappa shape index (κ1) is 22.9. The van der Waals surface area contributed by atoms with Crippen molar-refractivity contribution in [3.63, 3.8) is 0 Å². The number of halogens is 2. The summed E-state index contributed by atoms with van der Waals surface area (Å²) in [5.41, 5.74) is 0. The van der Waals surface area contributed by atoms with Crippen molar-refractivity contribution in [1.82, 2.24) is 0 Å². The second-order valence-electron chi connectivity index (χ2n) is 8.67. The van der Waals surface area contributed by atoms with Crippen molar-refractivity contribution in [3.8, 4) is 11.5 Å². The fourth-order valence-electron chi connectivity index (χ4n) is 4.51. The minimum absolute atomic E-state index is 0.0366. The van der Waals surface area contributed by atoms with Gasteiger partial charge in [0.15, 0.2) is 11.5 Å². The third-order valence-electron chi connectivity index (χ3n) is 6.39. The maximum absolute atomic E-state index is 14.2. The Morgan fingerprint density at radius 3 is 2.23 bits per heavy atom. The third-order valence-corrected chi connectivity index (χ3v) is 6.39. The average molecular weight is 423 g/mol. The molecule has 0 amide bonds. The van der Waals surface area contributed by atoms with Gasteiger partial charge in [0.05, 0.1) is 25.6 Å². The van der Waals surface area contributed by atoms with Crippen molar-refractivity contribution in [3.05, 3.63) is 35.6 Å². The summed E-state index contributed by atoms with van der Waals surface area (Å²) in [4.78, 5) is 0. The van der Waals surface area contributed by atoms with Gasteiger partial charge in [0, 0.05) is 5.92 Å². The zero-order valence-electron chi connectivity index (χ0n) is 18.4. The predicted molar refractivity (Wildman–Crippen MR) is 115 cm³/mol. The van der Waals surface area contributed by atoms with Gasteiger partial charge in [-0.1, -0.05) is 26.2 Å². The molecule has 3 nitrogen and oxygen atoms in total. The maximum Gasteiger partial charge on any atom is 0.204 e. The van der Waals surface area contributed by atoms with E-state index < -0.39 is 11.6 Å². The average Bonchev–Trinajstić information content (AvgIpc) is 2.78. The maximum atomic E-state index is 14.2. The molecule has 1 aliphatic carbocycles. The second kappa shape index (κ2) is 11.6. The minimum Gasteiger partial charge on any atom is -0.498 e. The number of rotatable bonds is 10. The van der Waals surface area contributed by atoms with Crippen LogP contribution in [0.3, 0.4) is 0 Å². The fourth-order valence-corrected chi connectivity index (χ4v) is 4.51. The summed E-state index contributed by atoms with van der Waals surface area (Å²) >= 11 is 0. The highest BCUT2D eigenvalue weighted by Gasteiger charge is 2.28. The first-order chi connectivity index (χ1) is 14.6. The zero-order chi connectivity index (χ0) is 21.3. The summed E-state index contributed by atoms with van der Waals surface area (Å²) in [5, 5.41) is 0. The molecule has 2 aliphatic rings. The SMILES string of the molecule is CCCCCC1CC=C(C2CCC(COc3ccc(OCC)c(F)c3F)CC2)OC1. The molecule has 0 N–H and O–H groups in total. The summed E-state index contributed by atoms with van der Waals surface area (Å²) in [6.07, 6.45) is 12.8. The first-order valence-corrected chi connectivity index (χ1v) is 11.7. The number of hydrogen-bond acceptors (Lipinski definition) is 3. The molecule has 3 rings (SSSR count). The van der Waals surface area contributed by atoms with Crippen molar-refractivity contribution in [1.29, 1.82) is 0 Å². The molecule has 5 heteroatoms. The quantitative estimate of drug-likeness (QED) is 0.378. The van der Waals surface area contributed by atoms with Crippen LogP contribution < -0.4 is 9.47 Å². The smallest absolute Gasteiger partial charge is 0.204 e. The lowest BCUT2D eigenvalue weighted by Crippen LogP contribution is -2.24. The van der Waals surface area contributed by atoms with Crippen LogP contribution in [0.4, 0.5) is 8.78 Å². The molecular formula is C25H36F2O3. The molecule has 0 bridgehead atoms. The Hall–Kier alpha value is -1.78. The summed E-state index contributed by atoms with van der Waals surface area (Å²) in [7, 11) is 0. The van der Waals surface area contributed by atoms with E-state index in [0.717, 1.165) is 38.7 Å². The molecule has 1 atom stereocenters. The third kappa shape index (κ3) is 6.12. The zero-order valence-corrected chi connectivity index (χ0v) is 18.4. The van der Waals surface area contributed by atoms with Crippen molar-refractivity contribution < 1.29 is 23.0 Å². The Kier molecular flexibility index (Phi) is 8.83. The van der Waals surface area contributed by atoms with Gasteiger partial charge in [0.25, 0.3) is 0 Å². The Morgan fingerprint density at radius 1 is 0.933 bits per heavy atom. The van der Waals surface area contributed by atoms with Crippen LogP contribution in [0.1, 0.15) is 71.6 Å². The molecule has 30 heavy (non-hydrogen) atoms. The van der Waals surface area contributed by atoms with Gasteiger partial charge in [-0.25, -0.2) is 0 Å². The molecule has 1 aliphatic heterocycles. The fraction of sp³-hybridized carbons (Fsp3) is 0.680. The van der Waals surface area contributed by atoms with Crippen LogP contribution in [0.2, 0.25) is 0 Å². The summed E-state index contributed by atoms with van der Waals surface area (Å²) in [6.45, 7) is 5.54. The van der Waals surface area contributed by atoms with Gasteiger partial charge in [0.2, 0.25) is 11.6 Å². The number of unbranched alkanes of at least 4 members (excludes halogenated alkanes) is 2. The van der Waals surface area contributed by atoms with Crippen LogP contribution in [0.25, 0.3) is 0 Å². The molecule has 168 valence electrons.